The van der Waals surface area contributed by atoms with Gasteiger partial charge in [0.15, 0.2) is 5.13 Å². The Labute approximate surface area is 169 Å². The van der Waals surface area contributed by atoms with Crippen molar-refractivity contribution >= 4 is 55.3 Å². The second-order valence-corrected chi connectivity index (χ2v) is 8.16. The van der Waals surface area contributed by atoms with Crippen LogP contribution < -0.4 is 15.6 Å². The molecule has 2 aromatic carbocycles. The quantitative estimate of drug-likeness (QED) is 0.505. The van der Waals surface area contributed by atoms with E-state index in [-0.39, 0.29) is 17.2 Å². The molecular weight excluding hydrogens is 394 g/mol. The van der Waals surface area contributed by atoms with E-state index in [4.69, 9.17) is 4.74 Å². The first-order valence-corrected chi connectivity index (χ1v) is 10.3. The number of methoxy groups -OCH3 is 1. The number of nitrogens with one attached hydrogen (secondary N) is 1. The lowest BCUT2D eigenvalue weighted by molar-refractivity contribution is -0.113. The highest BCUT2D eigenvalue weighted by molar-refractivity contribution is 8.00. The molecule has 0 saturated carbocycles. The topological polar surface area (TPSA) is 73.2 Å². The molecule has 0 bridgehead atoms. The molecular formula is C20H17N3O3S2. The number of amides is 1. The number of pyridine rings is 1. The molecule has 0 atom stereocenters. The normalized spacial score (nSPS) is 11.1. The predicted octanol–water partition coefficient (Wildman–Crippen LogP) is 3.89. The summed E-state index contributed by atoms with van der Waals surface area (Å²) in [5, 5.41) is 4.33. The fourth-order valence-electron chi connectivity index (χ4n) is 2.88. The van der Waals surface area contributed by atoms with E-state index in [1.807, 2.05) is 42.5 Å². The maximum atomic E-state index is 12.4. The third-order valence-electron chi connectivity index (χ3n) is 4.32. The molecule has 0 aliphatic rings. The largest absolute Gasteiger partial charge is 0.497 e. The van der Waals surface area contributed by atoms with Crippen molar-refractivity contribution in [2.75, 3.05) is 18.2 Å². The average molecular weight is 412 g/mol. The van der Waals surface area contributed by atoms with Gasteiger partial charge in [-0.25, -0.2) is 4.98 Å². The van der Waals surface area contributed by atoms with Crippen LogP contribution in [0.25, 0.3) is 21.1 Å². The molecule has 4 rings (SSSR count). The van der Waals surface area contributed by atoms with Gasteiger partial charge >= 0.3 is 0 Å². The molecule has 0 saturated heterocycles. The van der Waals surface area contributed by atoms with Crippen molar-refractivity contribution in [3.05, 3.63) is 58.9 Å². The van der Waals surface area contributed by atoms with Gasteiger partial charge in [0.05, 0.1) is 28.6 Å². The molecule has 0 aliphatic heterocycles. The zero-order valence-electron chi connectivity index (χ0n) is 15.3. The highest BCUT2D eigenvalue weighted by Crippen LogP contribution is 2.30. The Balaban J connectivity index is 1.50. The molecule has 6 nitrogen and oxygen atoms in total. The molecule has 0 spiro atoms. The molecule has 8 heteroatoms. The Hall–Kier alpha value is -2.84. The van der Waals surface area contributed by atoms with Crippen molar-refractivity contribution in [1.82, 2.24) is 9.55 Å². The number of hydrogen-bond acceptors (Lipinski definition) is 6. The van der Waals surface area contributed by atoms with Gasteiger partial charge in [-0.05, 0) is 24.3 Å². The van der Waals surface area contributed by atoms with Crippen LogP contribution in [0.15, 0.2) is 58.2 Å². The van der Waals surface area contributed by atoms with Crippen molar-refractivity contribution in [1.29, 1.82) is 0 Å². The first-order chi connectivity index (χ1) is 13.5. The van der Waals surface area contributed by atoms with Gasteiger partial charge in [-0.15, -0.1) is 11.8 Å². The van der Waals surface area contributed by atoms with E-state index in [0.717, 1.165) is 31.8 Å². The van der Waals surface area contributed by atoms with Gasteiger partial charge in [-0.1, -0.05) is 29.5 Å². The Morgan fingerprint density at radius 3 is 2.89 bits per heavy atom. The lowest BCUT2D eigenvalue weighted by atomic mass is 10.2. The Kier molecular flexibility index (Phi) is 5.06. The van der Waals surface area contributed by atoms with Crippen LogP contribution in [0.3, 0.4) is 0 Å². The number of nitrogens with zero attached hydrogens (tertiary/aromatic N) is 2. The highest BCUT2D eigenvalue weighted by Gasteiger charge is 2.12. The number of ether oxygens (including phenoxy) is 1. The number of aryl methyl sites for hydroxylation is 1. The van der Waals surface area contributed by atoms with E-state index in [1.54, 1.807) is 24.8 Å². The van der Waals surface area contributed by atoms with Gasteiger partial charge in [-0.2, -0.15) is 0 Å². The third-order valence-corrected chi connectivity index (χ3v) is 6.31. The monoisotopic (exact) mass is 411 g/mol. The van der Waals surface area contributed by atoms with Crippen LogP contribution >= 0.6 is 23.1 Å². The molecule has 142 valence electrons. The number of para-hydroxylation sites is 1. The predicted molar refractivity (Wildman–Crippen MR) is 115 cm³/mol. The van der Waals surface area contributed by atoms with E-state index in [2.05, 4.69) is 10.3 Å². The highest BCUT2D eigenvalue weighted by atomic mass is 32.2. The van der Waals surface area contributed by atoms with Crippen LogP contribution in [0.1, 0.15) is 0 Å². The zero-order valence-corrected chi connectivity index (χ0v) is 16.9. The van der Waals surface area contributed by atoms with Crippen LogP contribution in [0.4, 0.5) is 5.13 Å². The fraction of sp³-hybridized carbons (Fsp3) is 0.150. The summed E-state index contributed by atoms with van der Waals surface area (Å²) in [6, 6.07) is 14.8. The lowest BCUT2D eigenvalue weighted by Gasteiger charge is -2.09. The van der Waals surface area contributed by atoms with E-state index in [9.17, 15) is 9.59 Å². The molecule has 0 aliphatic carbocycles. The third kappa shape index (κ3) is 3.61. The maximum absolute atomic E-state index is 12.4. The van der Waals surface area contributed by atoms with Crippen molar-refractivity contribution in [2.24, 2.45) is 7.05 Å². The Morgan fingerprint density at radius 2 is 2.07 bits per heavy atom. The standard InChI is InChI=1S/C20H17N3O3S2/c1-23-15-6-4-3-5-13(15)16(10-19(23)25)27-11-18(24)22-20-21-14-8-7-12(26-2)9-17(14)28-20/h3-10H,11H2,1-2H3,(H,21,22,24). The first-order valence-electron chi connectivity index (χ1n) is 8.51. The second kappa shape index (κ2) is 7.65. The summed E-state index contributed by atoms with van der Waals surface area (Å²) in [6.45, 7) is 0. The summed E-state index contributed by atoms with van der Waals surface area (Å²) in [5.74, 6) is 0.777. The summed E-state index contributed by atoms with van der Waals surface area (Å²) >= 11 is 2.74. The number of thiazole rings is 1. The first kappa shape index (κ1) is 18.5. The molecule has 1 amide bonds. The van der Waals surface area contributed by atoms with Crippen LogP contribution in [0.5, 0.6) is 5.75 Å². The van der Waals surface area contributed by atoms with Crippen LogP contribution in [-0.4, -0.2) is 28.3 Å². The van der Waals surface area contributed by atoms with Crippen molar-refractivity contribution in [2.45, 2.75) is 4.90 Å². The summed E-state index contributed by atoms with van der Waals surface area (Å²) in [6.07, 6.45) is 0. The number of anilines is 1. The smallest absolute Gasteiger partial charge is 0.251 e. The van der Waals surface area contributed by atoms with Gasteiger partial charge in [-0.3, -0.25) is 9.59 Å². The van der Waals surface area contributed by atoms with E-state index < -0.39 is 0 Å². The molecule has 2 heterocycles. The van der Waals surface area contributed by atoms with Crippen LogP contribution in [0.2, 0.25) is 0 Å². The Bertz CT molecular complexity index is 1250. The molecule has 28 heavy (non-hydrogen) atoms. The van der Waals surface area contributed by atoms with E-state index in [0.29, 0.717) is 5.13 Å². The van der Waals surface area contributed by atoms with Gasteiger partial charge in [0, 0.05) is 23.4 Å². The summed E-state index contributed by atoms with van der Waals surface area (Å²) in [7, 11) is 3.36. The number of thioether (sulfide) groups is 1. The van der Waals surface area contributed by atoms with E-state index >= 15 is 0 Å². The van der Waals surface area contributed by atoms with Crippen molar-refractivity contribution in [3.8, 4) is 5.75 Å². The molecule has 2 aromatic heterocycles. The minimum Gasteiger partial charge on any atom is -0.497 e. The van der Waals surface area contributed by atoms with Gasteiger partial charge in [0.2, 0.25) is 5.91 Å². The number of fused-ring (bicyclic) bond motifs is 2. The number of carbonyl (C=O) groups is 1. The number of carbonyl (C=O) groups excluding carboxylic acids is 1. The average Bonchev–Trinajstić information content (AvgIpc) is 3.10. The number of rotatable bonds is 5. The Morgan fingerprint density at radius 1 is 1.25 bits per heavy atom. The van der Waals surface area contributed by atoms with Gasteiger partial charge in [0.25, 0.3) is 5.56 Å². The molecule has 1 N–H and O–H groups in total. The maximum Gasteiger partial charge on any atom is 0.251 e. The number of benzene rings is 2. The summed E-state index contributed by atoms with van der Waals surface area (Å²) in [4.78, 5) is 29.8. The minimum absolute atomic E-state index is 0.0956. The van der Waals surface area contributed by atoms with Crippen molar-refractivity contribution < 1.29 is 9.53 Å². The van der Waals surface area contributed by atoms with Crippen LogP contribution in [0, 0.1) is 0 Å². The number of hydrogen-bond donors (Lipinski definition) is 1. The molecule has 4 aromatic rings. The number of aromatic nitrogens is 2. The molecule has 0 unspecified atom stereocenters. The fourth-order valence-corrected chi connectivity index (χ4v) is 4.66. The summed E-state index contributed by atoms with van der Waals surface area (Å²) < 4.78 is 7.76. The van der Waals surface area contributed by atoms with Crippen LogP contribution in [-0.2, 0) is 11.8 Å². The summed E-state index contributed by atoms with van der Waals surface area (Å²) in [5.41, 5.74) is 1.56. The van der Waals surface area contributed by atoms with Gasteiger partial charge in [0.1, 0.15) is 5.75 Å². The lowest BCUT2D eigenvalue weighted by Crippen LogP contribution is -2.17. The van der Waals surface area contributed by atoms with E-state index in [1.165, 1.54) is 23.1 Å². The molecule has 0 radical (unpaired) electrons. The van der Waals surface area contributed by atoms with Gasteiger partial charge < -0.3 is 14.6 Å². The SMILES string of the molecule is COc1ccc2nc(NC(=O)CSc3cc(=O)n(C)c4ccccc34)sc2c1. The molecule has 0 fully saturated rings. The second-order valence-electron chi connectivity index (χ2n) is 6.11. The zero-order chi connectivity index (χ0) is 19.7. The minimum atomic E-state index is -0.166. The van der Waals surface area contributed by atoms with Crippen molar-refractivity contribution in [3.63, 3.8) is 0 Å².